The second-order valence-corrected chi connectivity index (χ2v) is 6.68. The van der Waals surface area contributed by atoms with Crippen LogP contribution in [0.4, 0.5) is 4.39 Å². The minimum Gasteiger partial charge on any atom is -0.489 e. The Morgan fingerprint density at radius 1 is 1.22 bits per heavy atom. The summed E-state index contributed by atoms with van der Waals surface area (Å²) in [6.07, 6.45) is 4.13. The molecule has 0 bridgehead atoms. The molecule has 0 aliphatic carbocycles. The van der Waals surface area contributed by atoms with Gasteiger partial charge in [-0.25, -0.2) is 9.37 Å². The zero-order chi connectivity index (χ0) is 18.8. The summed E-state index contributed by atoms with van der Waals surface area (Å²) in [5, 5.41) is 0. The van der Waals surface area contributed by atoms with Crippen LogP contribution in [0.1, 0.15) is 16.8 Å². The van der Waals surface area contributed by atoms with Crippen LogP contribution in [0.15, 0.2) is 60.9 Å². The fourth-order valence-corrected chi connectivity index (χ4v) is 3.37. The Balaban J connectivity index is 1.50. The number of aryl methyl sites for hydroxylation is 1. The van der Waals surface area contributed by atoms with Crippen LogP contribution in [0.3, 0.4) is 0 Å². The molecule has 0 saturated carbocycles. The summed E-state index contributed by atoms with van der Waals surface area (Å²) in [4.78, 5) is 18.8. The van der Waals surface area contributed by atoms with Gasteiger partial charge in [0.1, 0.15) is 23.5 Å². The summed E-state index contributed by atoms with van der Waals surface area (Å²) in [6.45, 7) is 1.08. The van der Waals surface area contributed by atoms with Crippen molar-refractivity contribution in [2.45, 2.75) is 12.5 Å². The first kappa shape index (κ1) is 17.3. The van der Waals surface area contributed by atoms with Crippen LogP contribution in [0.5, 0.6) is 5.75 Å². The molecule has 1 aromatic heterocycles. The van der Waals surface area contributed by atoms with Crippen LogP contribution < -0.4 is 4.74 Å². The number of ether oxygens (including phenoxy) is 1. The molecule has 1 atom stereocenters. The Kier molecular flexibility index (Phi) is 4.62. The van der Waals surface area contributed by atoms with E-state index in [4.69, 9.17) is 4.74 Å². The minimum absolute atomic E-state index is 0.0566. The normalized spacial score (nSPS) is 16.5. The number of para-hydroxylation sites is 1. The number of carbonyl (C=O) groups excluding carboxylic acids is 1. The number of aromatic nitrogens is 2. The van der Waals surface area contributed by atoms with Crippen molar-refractivity contribution < 1.29 is 13.9 Å². The third-order valence-corrected chi connectivity index (χ3v) is 4.70. The number of benzene rings is 2. The Morgan fingerprint density at radius 2 is 2.04 bits per heavy atom. The van der Waals surface area contributed by atoms with E-state index in [1.54, 1.807) is 27.9 Å². The van der Waals surface area contributed by atoms with Crippen molar-refractivity contribution in [2.24, 2.45) is 7.05 Å². The largest absolute Gasteiger partial charge is 0.489 e. The molecule has 0 radical (unpaired) electrons. The van der Waals surface area contributed by atoms with Gasteiger partial charge < -0.3 is 14.2 Å². The first-order valence-corrected chi connectivity index (χ1v) is 8.89. The molecule has 0 spiro atoms. The highest BCUT2D eigenvalue weighted by molar-refractivity contribution is 5.95. The third-order valence-electron chi connectivity index (χ3n) is 4.70. The first-order chi connectivity index (χ1) is 13.1. The van der Waals surface area contributed by atoms with Gasteiger partial charge in [0.05, 0.1) is 6.54 Å². The van der Waals surface area contributed by atoms with E-state index in [9.17, 15) is 9.18 Å². The highest BCUT2D eigenvalue weighted by Crippen LogP contribution is 2.23. The third kappa shape index (κ3) is 3.69. The predicted octanol–water partition coefficient (Wildman–Crippen LogP) is 3.52. The summed E-state index contributed by atoms with van der Waals surface area (Å²) >= 11 is 0. The van der Waals surface area contributed by atoms with Crippen molar-refractivity contribution in [1.82, 2.24) is 14.5 Å². The van der Waals surface area contributed by atoms with Crippen LogP contribution in [0.25, 0.3) is 11.4 Å². The SMILES string of the molecule is Cn1ccnc1-c1cc(F)cc(C(=O)N2CC[C@@H](Oc3ccccc3)C2)c1. The second-order valence-electron chi connectivity index (χ2n) is 6.68. The van der Waals surface area contributed by atoms with Crippen molar-refractivity contribution in [2.75, 3.05) is 13.1 Å². The number of carbonyl (C=O) groups is 1. The summed E-state index contributed by atoms with van der Waals surface area (Å²) in [5.41, 5.74) is 0.912. The molecule has 27 heavy (non-hydrogen) atoms. The fraction of sp³-hybridized carbons (Fsp3) is 0.238. The molecule has 6 heteroatoms. The molecule has 5 nitrogen and oxygen atoms in total. The van der Waals surface area contributed by atoms with Crippen LogP contribution in [0.2, 0.25) is 0 Å². The highest BCUT2D eigenvalue weighted by atomic mass is 19.1. The van der Waals surface area contributed by atoms with Crippen LogP contribution in [-0.2, 0) is 7.05 Å². The maximum Gasteiger partial charge on any atom is 0.254 e. The van der Waals surface area contributed by atoms with Crippen molar-refractivity contribution in [1.29, 1.82) is 0 Å². The van der Waals surface area contributed by atoms with Gasteiger partial charge in [-0.2, -0.15) is 0 Å². The Morgan fingerprint density at radius 3 is 2.78 bits per heavy atom. The van der Waals surface area contributed by atoms with E-state index < -0.39 is 5.82 Å². The van der Waals surface area contributed by atoms with Gasteiger partial charge in [0.2, 0.25) is 0 Å². The quantitative estimate of drug-likeness (QED) is 0.711. The van der Waals surface area contributed by atoms with Crippen molar-refractivity contribution in [3.63, 3.8) is 0 Å². The topological polar surface area (TPSA) is 47.4 Å². The maximum absolute atomic E-state index is 14.1. The summed E-state index contributed by atoms with van der Waals surface area (Å²) in [6, 6.07) is 13.9. The predicted molar refractivity (Wildman–Crippen MR) is 100.0 cm³/mol. The average Bonchev–Trinajstić information content (AvgIpc) is 3.30. The molecule has 0 N–H and O–H groups in total. The molecule has 1 aliphatic rings. The van der Waals surface area contributed by atoms with E-state index in [1.165, 1.54) is 12.1 Å². The molecule has 1 aliphatic heterocycles. The van der Waals surface area contributed by atoms with Crippen LogP contribution in [0, 0.1) is 5.82 Å². The zero-order valence-electron chi connectivity index (χ0n) is 15.0. The lowest BCUT2D eigenvalue weighted by Gasteiger charge is -2.18. The van der Waals surface area contributed by atoms with Gasteiger partial charge in [-0.05, 0) is 30.3 Å². The first-order valence-electron chi connectivity index (χ1n) is 8.89. The molecular weight excluding hydrogens is 345 g/mol. The van der Waals surface area contributed by atoms with Crippen LogP contribution in [-0.4, -0.2) is 39.6 Å². The molecule has 0 unspecified atom stereocenters. The van der Waals surface area contributed by atoms with E-state index in [0.717, 1.165) is 12.2 Å². The number of nitrogens with zero attached hydrogens (tertiary/aromatic N) is 3. The van der Waals surface area contributed by atoms with Crippen molar-refractivity contribution in [3.8, 4) is 17.1 Å². The van der Waals surface area contributed by atoms with Gasteiger partial charge >= 0.3 is 0 Å². The molecule has 2 heterocycles. The standard InChI is InChI=1S/C21H20FN3O2/c1-24-10-8-23-20(24)15-11-16(13-17(22)12-15)21(26)25-9-7-19(14-25)27-18-5-3-2-4-6-18/h2-6,8,10-13,19H,7,9,14H2,1H3/t19-/m1/s1. The molecule has 1 amide bonds. The summed E-state index contributed by atoms with van der Waals surface area (Å²) in [7, 11) is 1.83. The molecule has 1 saturated heterocycles. The molecule has 138 valence electrons. The Labute approximate surface area is 157 Å². The lowest BCUT2D eigenvalue weighted by Crippen LogP contribution is -2.31. The lowest BCUT2D eigenvalue weighted by atomic mass is 10.1. The van der Waals surface area contributed by atoms with Gasteiger partial charge in [-0.1, -0.05) is 18.2 Å². The summed E-state index contributed by atoms with van der Waals surface area (Å²) in [5.74, 6) is 0.772. The fourth-order valence-electron chi connectivity index (χ4n) is 3.37. The van der Waals surface area contributed by atoms with Gasteiger partial charge in [0, 0.05) is 43.5 Å². The number of likely N-dealkylation sites (tertiary alicyclic amines) is 1. The lowest BCUT2D eigenvalue weighted by molar-refractivity contribution is 0.0772. The number of imidazole rings is 1. The van der Waals surface area contributed by atoms with E-state index in [-0.39, 0.29) is 12.0 Å². The number of amides is 1. The number of rotatable bonds is 4. The van der Waals surface area contributed by atoms with E-state index in [0.29, 0.717) is 30.0 Å². The monoisotopic (exact) mass is 365 g/mol. The minimum atomic E-state index is -0.449. The van der Waals surface area contributed by atoms with Gasteiger partial charge in [0.25, 0.3) is 5.91 Å². The number of hydrogen-bond acceptors (Lipinski definition) is 3. The zero-order valence-corrected chi connectivity index (χ0v) is 15.0. The molecule has 2 aromatic carbocycles. The van der Waals surface area contributed by atoms with Crippen molar-refractivity contribution >= 4 is 5.91 Å². The number of hydrogen-bond donors (Lipinski definition) is 0. The Bertz CT molecular complexity index is 955. The second kappa shape index (κ2) is 7.23. The van der Waals surface area contributed by atoms with Crippen LogP contribution >= 0.6 is 0 Å². The van der Waals surface area contributed by atoms with Crippen molar-refractivity contribution in [3.05, 3.63) is 72.3 Å². The van der Waals surface area contributed by atoms with Gasteiger partial charge in [0.15, 0.2) is 0 Å². The van der Waals surface area contributed by atoms with E-state index >= 15 is 0 Å². The van der Waals surface area contributed by atoms with E-state index in [2.05, 4.69) is 4.98 Å². The maximum atomic E-state index is 14.1. The molecule has 3 aromatic rings. The molecule has 1 fully saturated rings. The van der Waals surface area contributed by atoms with Gasteiger partial charge in [-0.3, -0.25) is 4.79 Å². The smallest absolute Gasteiger partial charge is 0.254 e. The average molecular weight is 365 g/mol. The highest BCUT2D eigenvalue weighted by Gasteiger charge is 2.29. The number of halogens is 1. The van der Waals surface area contributed by atoms with E-state index in [1.807, 2.05) is 37.4 Å². The Hall–Kier alpha value is -3.15. The molecule has 4 rings (SSSR count). The van der Waals surface area contributed by atoms with Gasteiger partial charge in [-0.15, -0.1) is 0 Å². The summed E-state index contributed by atoms with van der Waals surface area (Å²) < 4.78 is 21.9. The molecular formula is C21H20FN3O2.